The van der Waals surface area contributed by atoms with Gasteiger partial charge in [-0.1, -0.05) is 30.4 Å². The van der Waals surface area contributed by atoms with Crippen LogP contribution in [0.4, 0.5) is 0 Å². The zero-order valence-electron chi connectivity index (χ0n) is 11.3. The quantitative estimate of drug-likeness (QED) is 0.751. The predicted molar refractivity (Wildman–Crippen MR) is 80.7 cm³/mol. The molecule has 0 saturated heterocycles. The normalized spacial score (nSPS) is 13.5. The van der Waals surface area contributed by atoms with Gasteiger partial charge in [0.1, 0.15) is 4.99 Å². The van der Waals surface area contributed by atoms with Crippen LogP contribution >= 0.6 is 12.2 Å². The summed E-state index contributed by atoms with van der Waals surface area (Å²) >= 11 is 4.88. The van der Waals surface area contributed by atoms with Crippen molar-refractivity contribution in [2.45, 2.75) is 17.9 Å². The van der Waals surface area contributed by atoms with Crippen molar-refractivity contribution >= 4 is 27.2 Å². The van der Waals surface area contributed by atoms with Crippen molar-refractivity contribution in [2.75, 3.05) is 20.6 Å². The van der Waals surface area contributed by atoms with Gasteiger partial charge in [-0.2, -0.15) is 0 Å². The molecule has 1 unspecified atom stereocenters. The third-order valence-electron chi connectivity index (χ3n) is 2.44. The molecule has 0 heterocycles. The van der Waals surface area contributed by atoms with Gasteiger partial charge >= 0.3 is 0 Å². The van der Waals surface area contributed by atoms with Gasteiger partial charge in [0.25, 0.3) is 0 Å². The highest BCUT2D eigenvalue weighted by atomic mass is 32.2. The molecule has 0 bridgehead atoms. The third kappa shape index (κ3) is 4.54. The van der Waals surface area contributed by atoms with Crippen molar-refractivity contribution in [2.24, 2.45) is 5.73 Å². The molecule has 0 spiro atoms. The van der Waals surface area contributed by atoms with Crippen LogP contribution in [0.15, 0.2) is 29.2 Å². The first-order valence-corrected chi connectivity index (χ1v) is 7.69. The van der Waals surface area contributed by atoms with Gasteiger partial charge < -0.3 is 10.6 Å². The molecule has 0 aliphatic heterocycles. The predicted octanol–water partition coefficient (Wildman–Crippen LogP) is 0.549. The van der Waals surface area contributed by atoms with E-state index in [4.69, 9.17) is 18.0 Å². The van der Waals surface area contributed by atoms with Crippen LogP contribution in [0.25, 0.3) is 0 Å². The van der Waals surface area contributed by atoms with E-state index in [0.29, 0.717) is 12.1 Å². The summed E-state index contributed by atoms with van der Waals surface area (Å²) in [4.78, 5) is 2.10. The minimum absolute atomic E-state index is 0.0706. The Bertz CT molecular complexity index is 556. The second-order valence-corrected chi connectivity index (χ2v) is 6.77. The highest BCUT2D eigenvalue weighted by molar-refractivity contribution is 7.89. The first-order valence-electron chi connectivity index (χ1n) is 5.80. The number of nitrogens with two attached hydrogens (primary N) is 1. The summed E-state index contributed by atoms with van der Waals surface area (Å²) in [5, 5.41) is 0. The zero-order valence-corrected chi connectivity index (χ0v) is 12.9. The van der Waals surface area contributed by atoms with Gasteiger partial charge in [-0.3, -0.25) is 0 Å². The van der Waals surface area contributed by atoms with Gasteiger partial charge in [0.15, 0.2) is 0 Å². The molecule has 1 aromatic rings. The molecule has 1 aromatic carbocycles. The Hall–Kier alpha value is -1.02. The van der Waals surface area contributed by atoms with Crippen molar-refractivity contribution in [3.05, 3.63) is 29.8 Å². The maximum atomic E-state index is 12.3. The van der Waals surface area contributed by atoms with Crippen LogP contribution in [0.5, 0.6) is 0 Å². The summed E-state index contributed by atoms with van der Waals surface area (Å²) in [6.07, 6.45) is 0. The summed E-state index contributed by atoms with van der Waals surface area (Å²) in [5.41, 5.74) is 5.92. The standard InChI is InChI=1S/C12H19N3O2S2/c1-9(8-15(2)3)14-19(16,17)11-7-5-4-6-10(11)12(13)18/h4-7,9,14H,8H2,1-3H3,(H2,13,18). The number of nitrogens with one attached hydrogen (secondary N) is 1. The first kappa shape index (κ1) is 16.0. The number of nitrogens with zero attached hydrogens (tertiary/aromatic N) is 1. The summed E-state index contributed by atoms with van der Waals surface area (Å²) in [6.45, 7) is 2.41. The molecule has 0 fully saturated rings. The third-order valence-corrected chi connectivity index (χ3v) is 4.30. The van der Waals surface area contributed by atoms with E-state index in [1.165, 1.54) is 6.07 Å². The van der Waals surface area contributed by atoms with E-state index in [2.05, 4.69) is 4.72 Å². The monoisotopic (exact) mass is 301 g/mol. The SMILES string of the molecule is CC(CN(C)C)NS(=O)(=O)c1ccccc1C(N)=S. The van der Waals surface area contributed by atoms with Gasteiger partial charge in [0.2, 0.25) is 10.0 Å². The van der Waals surface area contributed by atoms with E-state index >= 15 is 0 Å². The van der Waals surface area contributed by atoms with Crippen molar-refractivity contribution in [3.8, 4) is 0 Å². The van der Waals surface area contributed by atoms with Crippen LogP contribution < -0.4 is 10.5 Å². The summed E-state index contributed by atoms with van der Waals surface area (Å²) in [6, 6.07) is 6.25. The Balaban J connectivity index is 3.04. The minimum atomic E-state index is -3.62. The second kappa shape index (κ2) is 6.42. The Morgan fingerprint density at radius 2 is 2.00 bits per heavy atom. The van der Waals surface area contributed by atoms with E-state index in [9.17, 15) is 8.42 Å². The molecule has 5 nitrogen and oxygen atoms in total. The lowest BCUT2D eigenvalue weighted by molar-refractivity contribution is 0.370. The summed E-state index contributed by atoms with van der Waals surface area (Å²) in [5.74, 6) is 0. The number of hydrogen-bond donors (Lipinski definition) is 2. The molecule has 0 aliphatic rings. The molecular formula is C12H19N3O2S2. The van der Waals surface area contributed by atoms with E-state index in [-0.39, 0.29) is 15.9 Å². The number of benzene rings is 1. The van der Waals surface area contributed by atoms with Crippen LogP contribution in [-0.2, 0) is 10.0 Å². The van der Waals surface area contributed by atoms with Crippen LogP contribution in [0, 0.1) is 0 Å². The number of rotatable bonds is 6. The van der Waals surface area contributed by atoms with Crippen molar-refractivity contribution in [1.82, 2.24) is 9.62 Å². The number of sulfonamides is 1. The molecule has 0 amide bonds. The van der Waals surface area contributed by atoms with Crippen molar-refractivity contribution < 1.29 is 8.42 Å². The van der Waals surface area contributed by atoms with Crippen LogP contribution in [0.2, 0.25) is 0 Å². The lowest BCUT2D eigenvalue weighted by Crippen LogP contribution is -2.40. The van der Waals surface area contributed by atoms with Crippen LogP contribution in [0.1, 0.15) is 12.5 Å². The van der Waals surface area contributed by atoms with E-state index in [1.807, 2.05) is 19.0 Å². The lowest BCUT2D eigenvalue weighted by atomic mass is 10.2. The second-order valence-electron chi connectivity index (χ2n) is 4.64. The highest BCUT2D eigenvalue weighted by Gasteiger charge is 2.21. The van der Waals surface area contributed by atoms with E-state index < -0.39 is 10.0 Å². The molecule has 0 aliphatic carbocycles. The molecule has 3 N–H and O–H groups in total. The average molecular weight is 301 g/mol. The summed E-state index contributed by atoms with van der Waals surface area (Å²) in [7, 11) is 0.140. The molecule has 19 heavy (non-hydrogen) atoms. The number of hydrogen-bond acceptors (Lipinski definition) is 4. The van der Waals surface area contributed by atoms with Crippen molar-refractivity contribution in [3.63, 3.8) is 0 Å². The molecule has 7 heteroatoms. The van der Waals surface area contributed by atoms with Gasteiger partial charge in [-0.15, -0.1) is 0 Å². The fourth-order valence-corrected chi connectivity index (χ4v) is 3.52. The Kier molecular flexibility index (Phi) is 5.42. The van der Waals surface area contributed by atoms with Crippen LogP contribution in [0.3, 0.4) is 0 Å². The molecule has 1 atom stereocenters. The smallest absolute Gasteiger partial charge is 0.241 e. The molecule has 0 radical (unpaired) electrons. The van der Waals surface area contributed by atoms with Gasteiger partial charge in [0.05, 0.1) is 4.90 Å². The summed E-state index contributed by atoms with van der Waals surface area (Å²) < 4.78 is 27.2. The highest BCUT2D eigenvalue weighted by Crippen LogP contribution is 2.15. The topological polar surface area (TPSA) is 75.4 Å². The Labute approximate surface area is 119 Å². The fourth-order valence-electron chi connectivity index (χ4n) is 1.82. The Morgan fingerprint density at radius 3 is 2.53 bits per heavy atom. The van der Waals surface area contributed by atoms with Gasteiger partial charge in [-0.05, 0) is 27.1 Å². The molecule has 0 aromatic heterocycles. The van der Waals surface area contributed by atoms with Crippen molar-refractivity contribution in [1.29, 1.82) is 0 Å². The Morgan fingerprint density at radius 1 is 1.42 bits per heavy atom. The largest absolute Gasteiger partial charge is 0.389 e. The molecule has 106 valence electrons. The van der Waals surface area contributed by atoms with Gasteiger partial charge in [-0.25, -0.2) is 13.1 Å². The van der Waals surface area contributed by atoms with Crippen LogP contribution in [-0.4, -0.2) is 45.0 Å². The maximum absolute atomic E-state index is 12.3. The minimum Gasteiger partial charge on any atom is -0.389 e. The first-order chi connectivity index (χ1) is 8.74. The number of likely N-dealkylation sites (N-methyl/N-ethyl adjacent to an activating group) is 1. The molecular weight excluding hydrogens is 282 g/mol. The zero-order chi connectivity index (χ0) is 14.6. The molecule has 0 saturated carbocycles. The fraction of sp³-hybridized carbons (Fsp3) is 0.417. The maximum Gasteiger partial charge on any atom is 0.241 e. The molecule has 1 rings (SSSR count). The lowest BCUT2D eigenvalue weighted by Gasteiger charge is -2.19. The van der Waals surface area contributed by atoms with E-state index in [0.717, 1.165) is 0 Å². The number of thiocarbonyl (C=S) groups is 1. The van der Waals surface area contributed by atoms with E-state index in [1.54, 1.807) is 25.1 Å². The average Bonchev–Trinajstić information content (AvgIpc) is 2.26. The van der Waals surface area contributed by atoms with Gasteiger partial charge in [0, 0.05) is 18.2 Å².